The minimum Gasteiger partial charge on any atom is -0.319 e. The van der Waals surface area contributed by atoms with Gasteiger partial charge < -0.3 is 10.5 Å². The highest BCUT2D eigenvalue weighted by Crippen LogP contribution is 2.17. The number of carbonyl (C=O) groups is 1. The van der Waals surface area contributed by atoms with Crippen molar-refractivity contribution in [1.29, 1.82) is 0 Å². The molecule has 0 saturated heterocycles. The summed E-state index contributed by atoms with van der Waals surface area (Å²) < 4.78 is 0. The first-order chi connectivity index (χ1) is 6.68. The Bertz CT molecular complexity index is 135. The molecule has 0 aromatic heterocycles. The van der Waals surface area contributed by atoms with E-state index in [1.807, 2.05) is 0 Å². The largest absolute Gasteiger partial charge is 0.319 e. The topological polar surface area (TPSA) is 43.1 Å². The van der Waals surface area contributed by atoms with Crippen LogP contribution in [0.15, 0.2) is 0 Å². The van der Waals surface area contributed by atoms with E-state index in [4.69, 9.17) is 5.73 Å². The van der Waals surface area contributed by atoms with Crippen LogP contribution in [0.25, 0.3) is 0 Å². The van der Waals surface area contributed by atoms with Crippen molar-refractivity contribution in [1.82, 2.24) is 0 Å². The molecule has 0 unspecified atom stereocenters. The smallest absolute Gasteiger partial charge is 0.139 e. The molecular formula is C12H25NO. The number of nitrogens with two attached hydrogens (primary N) is 1. The fourth-order valence-corrected chi connectivity index (χ4v) is 1.65. The van der Waals surface area contributed by atoms with E-state index in [0.29, 0.717) is 0 Å². The monoisotopic (exact) mass is 199 g/mol. The Morgan fingerprint density at radius 1 is 1.00 bits per heavy atom. The van der Waals surface area contributed by atoms with Gasteiger partial charge in [-0.2, -0.15) is 0 Å². The lowest BCUT2D eigenvalue weighted by Gasteiger charge is -2.22. The molecule has 0 radical (unpaired) electrons. The number of aldehydes is 1. The van der Waals surface area contributed by atoms with Crippen molar-refractivity contribution in [3.8, 4) is 0 Å². The normalized spacial score (nSPS) is 11.6. The quantitative estimate of drug-likeness (QED) is 0.458. The Hall–Kier alpha value is -0.370. The van der Waals surface area contributed by atoms with E-state index < -0.39 is 5.54 Å². The summed E-state index contributed by atoms with van der Waals surface area (Å²) >= 11 is 0. The van der Waals surface area contributed by atoms with Crippen LogP contribution < -0.4 is 5.73 Å². The maximum Gasteiger partial charge on any atom is 0.139 e. The number of carbonyl (C=O) groups excluding carboxylic acids is 1. The fraction of sp³-hybridized carbons (Fsp3) is 0.917. The van der Waals surface area contributed by atoms with Gasteiger partial charge in [0.15, 0.2) is 0 Å². The SMILES string of the molecule is CCCCCC(N)(C=O)CCCCC. The Morgan fingerprint density at radius 3 is 1.71 bits per heavy atom. The summed E-state index contributed by atoms with van der Waals surface area (Å²) in [5.74, 6) is 0. The average molecular weight is 199 g/mol. The zero-order valence-electron chi connectivity index (χ0n) is 9.72. The number of hydrogen-bond acceptors (Lipinski definition) is 2. The van der Waals surface area contributed by atoms with E-state index in [0.717, 1.165) is 32.0 Å². The highest BCUT2D eigenvalue weighted by atomic mass is 16.1. The third-order valence-corrected chi connectivity index (χ3v) is 2.73. The van der Waals surface area contributed by atoms with Crippen molar-refractivity contribution in [3.05, 3.63) is 0 Å². The van der Waals surface area contributed by atoms with Crippen molar-refractivity contribution >= 4 is 6.29 Å². The molecule has 84 valence electrons. The van der Waals surface area contributed by atoms with Crippen LogP contribution >= 0.6 is 0 Å². The first kappa shape index (κ1) is 13.6. The Balaban J connectivity index is 3.73. The third kappa shape index (κ3) is 6.14. The van der Waals surface area contributed by atoms with Gasteiger partial charge in [-0.3, -0.25) is 0 Å². The Morgan fingerprint density at radius 2 is 1.43 bits per heavy atom. The van der Waals surface area contributed by atoms with E-state index in [9.17, 15) is 4.79 Å². The summed E-state index contributed by atoms with van der Waals surface area (Å²) in [5.41, 5.74) is 5.47. The molecule has 0 saturated carbocycles. The molecule has 0 aliphatic carbocycles. The van der Waals surface area contributed by atoms with Crippen LogP contribution in [0.5, 0.6) is 0 Å². The molecule has 0 aliphatic heterocycles. The highest BCUT2D eigenvalue weighted by molar-refractivity contribution is 5.63. The van der Waals surface area contributed by atoms with Gasteiger partial charge in [-0.05, 0) is 12.8 Å². The zero-order valence-corrected chi connectivity index (χ0v) is 9.72. The molecule has 2 heteroatoms. The molecule has 0 spiro atoms. The summed E-state index contributed by atoms with van der Waals surface area (Å²) in [4.78, 5) is 10.9. The van der Waals surface area contributed by atoms with Crippen LogP contribution in [0.2, 0.25) is 0 Å². The molecular weight excluding hydrogens is 174 g/mol. The van der Waals surface area contributed by atoms with E-state index in [2.05, 4.69) is 13.8 Å². The standard InChI is InChI=1S/C12H25NO/c1-3-5-7-9-12(13,11-14)10-8-6-4-2/h11H,3-10,13H2,1-2H3. The summed E-state index contributed by atoms with van der Waals surface area (Å²) in [6.07, 6.45) is 9.56. The van der Waals surface area contributed by atoms with Gasteiger partial charge in [-0.15, -0.1) is 0 Å². The van der Waals surface area contributed by atoms with Crippen LogP contribution in [0, 0.1) is 0 Å². The van der Waals surface area contributed by atoms with Crippen molar-refractivity contribution in [3.63, 3.8) is 0 Å². The van der Waals surface area contributed by atoms with Gasteiger partial charge in [0.2, 0.25) is 0 Å². The van der Waals surface area contributed by atoms with Crippen LogP contribution in [0.1, 0.15) is 65.2 Å². The minimum atomic E-state index is -0.537. The zero-order chi connectivity index (χ0) is 10.9. The van der Waals surface area contributed by atoms with Crippen LogP contribution in [0.4, 0.5) is 0 Å². The number of rotatable bonds is 9. The van der Waals surface area contributed by atoms with Gasteiger partial charge in [-0.25, -0.2) is 0 Å². The summed E-state index contributed by atoms with van der Waals surface area (Å²) in [6.45, 7) is 4.33. The summed E-state index contributed by atoms with van der Waals surface area (Å²) in [7, 11) is 0. The van der Waals surface area contributed by atoms with E-state index >= 15 is 0 Å². The lowest BCUT2D eigenvalue weighted by atomic mass is 9.89. The van der Waals surface area contributed by atoms with Crippen molar-refractivity contribution in [2.75, 3.05) is 0 Å². The average Bonchev–Trinajstić information content (AvgIpc) is 2.19. The first-order valence-electron chi connectivity index (χ1n) is 5.93. The van der Waals surface area contributed by atoms with Gasteiger partial charge in [0.1, 0.15) is 6.29 Å². The van der Waals surface area contributed by atoms with Crippen LogP contribution in [0.3, 0.4) is 0 Å². The molecule has 0 aliphatic rings. The maximum absolute atomic E-state index is 10.9. The van der Waals surface area contributed by atoms with Gasteiger partial charge >= 0.3 is 0 Å². The lowest BCUT2D eigenvalue weighted by Crippen LogP contribution is -2.41. The molecule has 0 atom stereocenters. The second-order valence-electron chi connectivity index (χ2n) is 4.27. The molecule has 0 bridgehead atoms. The van der Waals surface area contributed by atoms with Crippen LogP contribution in [-0.4, -0.2) is 11.8 Å². The Labute approximate surface area is 88.3 Å². The van der Waals surface area contributed by atoms with Gasteiger partial charge in [0.25, 0.3) is 0 Å². The molecule has 0 rings (SSSR count). The predicted molar refractivity (Wildman–Crippen MR) is 61.3 cm³/mol. The summed E-state index contributed by atoms with van der Waals surface area (Å²) in [6, 6.07) is 0. The number of hydrogen-bond donors (Lipinski definition) is 1. The van der Waals surface area contributed by atoms with Crippen molar-refractivity contribution in [2.45, 2.75) is 70.8 Å². The minimum absolute atomic E-state index is 0.537. The van der Waals surface area contributed by atoms with Gasteiger partial charge in [0.05, 0.1) is 5.54 Å². The van der Waals surface area contributed by atoms with Gasteiger partial charge in [0, 0.05) is 0 Å². The first-order valence-corrected chi connectivity index (χ1v) is 5.93. The maximum atomic E-state index is 10.9. The Kier molecular flexibility index (Phi) is 7.77. The second-order valence-corrected chi connectivity index (χ2v) is 4.27. The van der Waals surface area contributed by atoms with Crippen LogP contribution in [-0.2, 0) is 4.79 Å². The molecule has 0 fully saturated rings. The molecule has 0 heterocycles. The van der Waals surface area contributed by atoms with Gasteiger partial charge in [-0.1, -0.05) is 52.4 Å². The predicted octanol–water partition coefficient (Wildman–Crippen LogP) is 3.04. The molecule has 2 nitrogen and oxygen atoms in total. The molecule has 0 aromatic carbocycles. The molecule has 14 heavy (non-hydrogen) atoms. The molecule has 0 aromatic rings. The van der Waals surface area contributed by atoms with E-state index in [1.54, 1.807) is 0 Å². The van der Waals surface area contributed by atoms with Crippen molar-refractivity contribution in [2.24, 2.45) is 5.73 Å². The summed E-state index contributed by atoms with van der Waals surface area (Å²) in [5, 5.41) is 0. The third-order valence-electron chi connectivity index (χ3n) is 2.73. The fourth-order valence-electron chi connectivity index (χ4n) is 1.65. The number of unbranched alkanes of at least 4 members (excludes halogenated alkanes) is 4. The second kappa shape index (κ2) is 7.98. The van der Waals surface area contributed by atoms with E-state index in [-0.39, 0.29) is 0 Å². The lowest BCUT2D eigenvalue weighted by molar-refractivity contribution is -0.112. The van der Waals surface area contributed by atoms with Crippen molar-refractivity contribution < 1.29 is 4.79 Å². The highest BCUT2D eigenvalue weighted by Gasteiger charge is 2.22. The molecule has 0 amide bonds. The molecule has 2 N–H and O–H groups in total. The van der Waals surface area contributed by atoms with E-state index in [1.165, 1.54) is 25.7 Å².